The summed E-state index contributed by atoms with van der Waals surface area (Å²) < 4.78 is 5.16. The average Bonchev–Trinajstić information content (AvgIpc) is 2.79. The second-order valence-corrected chi connectivity index (χ2v) is 4.06. The molecule has 92 valence electrons. The number of hydrogen-bond donors (Lipinski definition) is 3. The zero-order valence-electron chi connectivity index (χ0n) is 9.48. The zero-order chi connectivity index (χ0) is 12.1. The zero-order valence-corrected chi connectivity index (χ0v) is 9.48. The Hall–Kier alpha value is -1.75. The molecule has 1 unspecified atom stereocenters. The van der Waals surface area contributed by atoms with E-state index in [9.17, 15) is 9.90 Å². The molecule has 2 amide bonds. The third kappa shape index (κ3) is 3.64. The Morgan fingerprint density at radius 1 is 1.53 bits per heavy atom. The molecular weight excluding hydrogens is 220 g/mol. The fourth-order valence-corrected chi connectivity index (χ4v) is 1.73. The van der Waals surface area contributed by atoms with Crippen LogP contribution in [0.4, 0.5) is 4.79 Å². The minimum Gasteiger partial charge on any atom is -0.508 e. The predicted molar refractivity (Wildman–Crippen MR) is 62.7 cm³/mol. The maximum atomic E-state index is 11.5. The lowest BCUT2D eigenvalue weighted by molar-refractivity contribution is 0.188. The van der Waals surface area contributed by atoms with Gasteiger partial charge in [-0.3, -0.25) is 0 Å². The van der Waals surface area contributed by atoms with Crippen molar-refractivity contribution in [2.45, 2.75) is 19.0 Å². The summed E-state index contributed by atoms with van der Waals surface area (Å²) in [6, 6.07) is 6.72. The van der Waals surface area contributed by atoms with Crippen LogP contribution in [0.15, 0.2) is 24.3 Å². The second-order valence-electron chi connectivity index (χ2n) is 4.06. The number of ether oxygens (including phenoxy) is 1. The van der Waals surface area contributed by atoms with Crippen molar-refractivity contribution in [3.05, 3.63) is 29.8 Å². The van der Waals surface area contributed by atoms with Gasteiger partial charge < -0.3 is 20.5 Å². The monoisotopic (exact) mass is 236 g/mol. The number of carbonyl (C=O) groups excluding carboxylic acids is 1. The molecule has 1 aliphatic heterocycles. The lowest BCUT2D eigenvalue weighted by atomic mass is 10.2. The molecule has 0 bridgehead atoms. The van der Waals surface area contributed by atoms with Crippen LogP contribution in [0.5, 0.6) is 5.75 Å². The molecule has 3 N–H and O–H groups in total. The van der Waals surface area contributed by atoms with Crippen molar-refractivity contribution in [1.82, 2.24) is 10.6 Å². The van der Waals surface area contributed by atoms with Crippen LogP contribution in [0.3, 0.4) is 0 Å². The molecule has 1 aromatic carbocycles. The Bertz CT molecular complexity index is 389. The molecule has 1 aromatic rings. The predicted octanol–water partition coefficient (Wildman–Crippen LogP) is 0.980. The van der Waals surface area contributed by atoms with Crippen LogP contribution >= 0.6 is 0 Å². The molecule has 2 rings (SSSR count). The van der Waals surface area contributed by atoms with Gasteiger partial charge in [-0.05, 0) is 24.1 Å². The molecular formula is C12H16N2O3. The number of urea groups is 1. The number of rotatable bonds is 3. The van der Waals surface area contributed by atoms with Gasteiger partial charge in [-0.2, -0.15) is 0 Å². The van der Waals surface area contributed by atoms with E-state index in [1.54, 1.807) is 18.2 Å². The second kappa shape index (κ2) is 5.54. The Morgan fingerprint density at radius 3 is 3.12 bits per heavy atom. The van der Waals surface area contributed by atoms with Gasteiger partial charge in [-0.1, -0.05) is 12.1 Å². The van der Waals surface area contributed by atoms with E-state index in [4.69, 9.17) is 4.74 Å². The fraction of sp³-hybridized carbons (Fsp3) is 0.417. The average molecular weight is 236 g/mol. The number of amides is 2. The Labute approximate surface area is 99.8 Å². The van der Waals surface area contributed by atoms with Gasteiger partial charge in [0.1, 0.15) is 5.75 Å². The molecule has 0 aliphatic carbocycles. The number of phenols is 1. The van der Waals surface area contributed by atoms with Crippen molar-refractivity contribution >= 4 is 6.03 Å². The first-order valence-electron chi connectivity index (χ1n) is 5.64. The third-order valence-corrected chi connectivity index (χ3v) is 2.63. The largest absolute Gasteiger partial charge is 0.508 e. The maximum absolute atomic E-state index is 11.5. The van der Waals surface area contributed by atoms with E-state index < -0.39 is 0 Å². The lowest BCUT2D eigenvalue weighted by Crippen LogP contribution is -2.42. The highest BCUT2D eigenvalue weighted by atomic mass is 16.5. The minimum atomic E-state index is -0.205. The van der Waals surface area contributed by atoms with Crippen LogP contribution in [-0.4, -0.2) is 30.4 Å². The Kier molecular flexibility index (Phi) is 3.82. The van der Waals surface area contributed by atoms with Gasteiger partial charge in [0.2, 0.25) is 0 Å². The van der Waals surface area contributed by atoms with E-state index in [0.717, 1.165) is 12.0 Å². The fourth-order valence-electron chi connectivity index (χ4n) is 1.73. The summed E-state index contributed by atoms with van der Waals surface area (Å²) in [5, 5.41) is 14.8. The molecule has 1 heterocycles. The normalized spacial score (nSPS) is 18.9. The number of aromatic hydroxyl groups is 1. The van der Waals surface area contributed by atoms with Crippen molar-refractivity contribution in [3.8, 4) is 5.75 Å². The van der Waals surface area contributed by atoms with E-state index in [-0.39, 0.29) is 17.8 Å². The van der Waals surface area contributed by atoms with Crippen LogP contribution in [0.25, 0.3) is 0 Å². The van der Waals surface area contributed by atoms with Gasteiger partial charge in [-0.15, -0.1) is 0 Å². The van der Waals surface area contributed by atoms with Crippen molar-refractivity contribution < 1.29 is 14.6 Å². The highest BCUT2D eigenvalue weighted by molar-refractivity contribution is 5.74. The molecule has 17 heavy (non-hydrogen) atoms. The molecule has 0 spiro atoms. The number of benzene rings is 1. The molecule has 0 radical (unpaired) electrons. The first-order valence-corrected chi connectivity index (χ1v) is 5.64. The number of phenolic OH excluding ortho intramolecular Hbond substituents is 1. The summed E-state index contributed by atoms with van der Waals surface area (Å²) in [5.74, 6) is 0.203. The van der Waals surface area contributed by atoms with Crippen molar-refractivity contribution in [2.24, 2.45) is 0 Å². The topological polar surface area (TPSA) is 70.6 Å². The Balaban J connectivity index is 1.75. The first-order chi connectivity index (χ1) is 8.24. The first kappa shape index (κ1) is 11.7. The summed E-state index contributed by atoms with van der Waals surface area (Å²) in [5.41, 5.74) is 0.864. The van der Waals surface area contributed by atoms with Gasteiger partial charge in [0.05, 0.1) is 12.6 Å². The van der Waals surface area contributed by atoms with E-state index in [0.29, 0.717) is 19.8 Å². The molecule has 1 atom stereocenters. The molecule has 1 fully saturated rings. The van der Waals surface area contributed by atoms with Crippen LogP contribution in [0.1, 0.15) is 12.0 Å². The minimum absolute atomic E-state index is 0.110. The van der Waals surface area contributed by atoms with Crippen LogP contribution in [0.2, 0.25) is 0 Å². The van der Waals surface area contributed by atoms with Gasteiger partial charge in [0.25, 0.3) is 0 Å². The van der Waals surface area contributed by atoms with Crippen molar-refractivity contribution in [1.29, 1.82) is 0 Å². The van der Waals surface area contributed by atoms with E-state index in [1.165, 1.54) is 0 Å². The van der Waals surface area contributed by atoms with Gasteiger partial charge >= 0.3 is 6.03 Å². The summed E-state index contributed by atoms with van der Waals surface area (Å²) >= 11 is 0. The van der Waals surface area contributed by atoms with E-state index in [2.05, 4.69) is 10.6 Å². The number of nitrogens with one attached hydrogen (secondary N) is 2. The standard InChI is InChI=1S/C12H16N2O3/c15-11-3-1-2-9(6-11)7-13-12(16)14-10-4-5-17-8-10/h1-3,6,10,15H,4-5,7-8H2,(H2,13,14,16). The van der Waals surface area contributed by atoms with Gasteiger partial charge in [-0.25, -0.2) is 4.79 Å². The van der Waals surface area contributed by atoms with E-state index >= 15 is 0 Å². The highest BCUT2D eigenvalue weighted by Gasteiger charge is 2.17. The molecule has 0 saturated carbocycles. The molecule has 5 nitrogen and oxygen atoms in total. The van der Waals surface area contributed by atoms with Crippen molar-refractivity contribution in [2.75, 3.05) is 13.2 Å². The lowest BCUT2D eigenvalue weighted by Gasteiger charge is -2.11. The molecule has 0 aromatic heterocycles. The van der Waals surface area contributed by atoms with Gasteiger partial charge in [0.15, 0.2) is 0 Å². The molecule has 5 heteroatoms. The molecule has 1 aliphatic rings. The number of hydrogen-bond acceptors (Lipinski definition) is 3. The van der Waals surface area contributed by atoms with Gasteiger partial charge in [0, 0.05) is 13.2 Å². The van der Waals surface area contributed by atoms with E-state index in [1.807, 2.05) is 6.07 Å². The van der Waals surface area contributed by atoms with Crippen molar-refractivity contribution in [3.63, 3.8) is 0 Å². The third-order valence-electron chi connectivity index (χ3n) is 2.63. The quantitative estimate of drug-likeness (QED) is 0.732. The molecule has 1 saturated heterocycles. The maximum Gasteiger partial charge on any atom is 0.315 e. The summed E-state index contributed by atoms with van der Waals surface area (Å²) in [7, 11) is 0. The summed E-state index contributed by atoms with van der Waals surface area (Å²) in [4.78, 5) is 11.5. The summed E-state index contributed by atoms with van der Waals surface area (Å²) in [6.45, 7) is 1.69. The smallest absolute Gasteiger partial charge is 0.315 e. The highest BCUT2D eigenvalue weighted by Crippen LogP contribution is 2.10. The summed E-state index contributed by atoms with van der Waals surface area (Å²) in [6.07, 6.45) is 0.861. The Morgan fingerprint density at radius 2 is 2.41 bits per heavy atom. The van der Waals surface area contributed by atoms with Crippen LogP contribution in [-0.2, 0) is 11.3 Å². The van der Waals surface area contributed by atoms with Crippen LogP contribution in [0, 0.1) is 0 Å². The number of carbonyl (C=O) groups is 1. The SMILES string of the molecule is O=C(NCc1cccc(O)c1)NC1CCOC1. The van der Waals surface area contributed by atoms with Crippen LogP contribution < -0.4 is 10.6 Å².